The zero-order chi connectivity index (χ0) is 15.1. The Hall–Kier alpha value is -1.30. The molecule has 6 heteroatoms. The lowest BCUT2D eigenvalue weighted by Gasteiger charge is -2.28. The first kappa shape index (κ1) is 14.6. The average molecular weight is 355 g/mol. The molecule has 2 fully saturated rings. The fourth-order valence-electron chi connectivity index (χ4n) is 4.01. The lowest BCUT2D eigenvalue weighted by molar-refractivity contribution is -0.144. The molecule has 1 amide bonds. The number of hydrogen-bond donors (Lipinski definition) is 2. The number of rotatable bonds is 4. The van der Waals surface area contributed by atoms with Gasteiger partial charge in [0.1, 0.15) is 5.69 Å². The van der Waals surface area contributed by atoms with Gasteiger partial charge >= 0.3 is 5.97 Å². The summed E-state index contributed by atoms with van der Waals surface area (Å²) >= 11 is 3.38. The van der Waals surface area contributed by atoms with E-state index in [0.717, 1.165) is 23.7 Å². The number of fused-ring (bicyclic) bond motifs is 2. The SMILES string of the molecule is CCn1cc(Br)cc1C(=O)NC1C2CCC(C2)C1C(=O)O. The molecule has 0 aliphatic heterocycles. The van der Waals surface area contributed by atoms with E-state index in [2.05, 4.69) is 21.2 Å². The predicted octanol–water partition coefficient (Wildman–Crippen LogP) is 2.50. The monoisotopic (exact) mass is 354 g/mol. The summed E-state index contributed by atoms with van der Waals surface area (Å²) in [4.78, 5) is 24.0. The third-order valence-electron chi connectivity index (χ3n) is 4.94. The van der Waals surface area contributed by atoms with Crippen molar-refractivity contribution in [1.29, 1.82) is 0 Å². The Morgan fingerprint density at radius 1 is 1.43 bits per heavy atom. The van der Waals surface area contributed by atoms with Gasteiger partial charge in [0.15, 0.2) is 0 Å². The van der Waals surface area contributed by atoms with Crippen molar-refractivity contribution in [2.24, 2.45) is 17.8 Å². The van der Waals surface area contributed by atoms with Gasteiger partial charge in [-0.15, -0.1) is 0 Å². The van der Waals surface area contributed by atoms with E-state index in [1.54, 1.807) is 6.07 Å². The normalized spacial score (nSPS) is 30.6. The van der Waals surface area contributed by atoms with Crippen LogP contribution in [-0.2, 0) is 11.3 Å². The van der Waals surface area contributed by atoms with Crippen LogP contribution in [0.1, 0.15) is 36.7 Å². The zero-order valence-corrected chi connectivity index (χ0v) is 13.5. The highest BCUT2D eigenvalue weighted by molar-refractivity contribution is 9.10. The summed E-state index contributed by atoms with van der Waals surface area (Å²) in [5.74, 6) is -0.844. The number of aliphatic carboxylic acids is 1. The first-order chi connectivity index (χ1) is 10.0. The van der Waals surface area contributed by atoms with Gasteiger partial charge in [-0.1, -0.05) is 0 Å². The number of aryl methyl sites for hydroxylation is 1. The minimum Gasteiger partial charge on any atom is -0.481 e. The molecule has 1 heterocycles. The number of nitrogens with zero attached hydrogens (tertiary/aromatic N) is 1. The number of aromatic nitrogens is 1. The number of halogens is 1. The fourth-order valence-corrected chi connectivity index (χ4v) is 4.47. The van der Waals surface area contributed by atoms with Crippen molar-refractivity contribution in [3.8, 4) is 0 Å². The highest BCUT2D eigenvalue weighted by atomic mass is 79.9. The summed E-state index contributed by atoms with van der Waals surface area (Å²) in [6, 6.07) is 1.55. The van der Waals surface area contributed by atoms with Gasteiger partial charge in [-0.05, 0) is 60.0 Å². The van der Waals surface area contributed by atoms with Gasteiger partial charge in [-0.2, -0.15) is 0 Å². The molecular weight excluding hydrogens is 336 g/mol. The van der Waals surface area contributed by atoms with Crippen LogP contribution in [0.5, 0.6) is 0 Å². The highest BCUT2D eigenvalue weighted by Crippen LogP contribution is 2.48. The quantitative estimate of drug-likeness (QED) is 0.872. The van der Waals surface area contributed by atoms with E-state index in [0.29, 0.717) is 18.2 Å². The van der Waals surface area contributed by atoms with E-state index in [9.17, 15) is 14.7 Å². The molecule has 2 N–H and O–H groups in total. The molecule has 1 aromatic rings. The molecule has 0 spiro atoms. The Kier molecular flexibility index (Phi) is 3.82. The van der Waals surface area contributed by atoms with E-state index in [1.165, 1.54) is 0 Å². The van der Waals surface area contributed by atoms with E-state index < -0.39 is 11.9 Å². The smallest absolute Gasteiger partial charge is 0.308 e. The molecule has 114 valence electrons. The summed E-state index contributed by atoms with van der Waals surface area (Å²) in [5, 5.41) is 12.4. The largest absolute Gasteiger partial charge is 0.481 e. The maximum atomic E-state index is 12.5. The molecule has 2 bridgehead atoms. The standard InChI is InChI=1S/C15H19BrN2O3/c1-2-18-7-10(16)6-11(18)14(19)17-13-9-4-3-8(5-9)12(13)15(20)21/h6-9,12-13H,2-5H2,1H3,(H,17,19)(H,20,21). The van der Waals surface area contributed by atoms with Gasteiger partial charge in [0.2, 0.25) is 0 Å². The molecule has 5 nitrogen and oxygen atoms in total. The first-order valence-corrected chi connectivity index (χ1v) is 8.20. The molecule has 21 heavy (non-hydrogen) atoms. The highest BCUT2D eigenvalue weighted by Gasteiger charge is 2.51. The van der Waals surface area contributed by atoms with Crippen LogP contribution in [0, 0.1) is 17.8 Å². The fraction of sp³-hybridized carbons (Fsp3) is 0.600. The summed E-state index contributed by atoms with van der Waals surface area (Å²) in [5.41, 5.74) is 0.580. The van der Waals surface area contributed by atoms with Gasteiger partial charge < -0.3 is 15.0 Å². The number of carboxylic acids is 1. The number of carbonyl (C=O) groups is 2. The summed E-state index contributed by atoms with van der Waals surface area (Å²) in [6.45, 7) is 2.67. The Bertz CT molecular complexity index is 583. The van der Waals surface area contributed by atoms with Crippen molar-refractivity contribution >= 4 is 27.8 Å². The van der Waals surface area contributed by atoms with Crippen LogP contribution in [0.3, 0.4) is 0 Å². The lowest BCUT2D eigenvalue weighted by Crippen LogP contribution is -2.47. The Morgan fingerprint density at radius 3 is 2.81 bits per heavy atom. The van der Waals surface area contributed by atoms with Gasteiger partial charge in [0.05, 0.1) is 5.92 Å². The molecule has 0 aromatic carbocycles. The molecule has 2 aliphatic rings. The van der Waals surface area contributed by atoms with Crippen LogP contribution >= 0.6 is 15.9 Å². The van der Waals surface area contributed by atoms with E-state index in [4.69, 9.17) is 0 Å². The molecule has 0 saturated heterocycles. The van der Waals surface area contributed by atoms with Gasteiger partial charge in [0, 0.05) is 23.3 Å². The molecular formula is C15H19BrN2O3. The van der Waals surface area contributed by atoms with E-state index in [1.807, 2.05) is 17.7 Å². The van der Waals surface area contributed by atoms with Crippen LogP contribution in [-0.4, -0.2) is 27.6 Å². The minimum atomic E-state index is -0.778. The molecule has 3 rings (SSSR count). The van der Waals surface area contributed by atoms with Crippen molar-refractivity contribution in [1.82, 2.24) is 9.88 Å². The van der Waals surface area contributed by atoms with Crippen molar-refractivity contribution in [3.63, 3.8) is 0 Å². The molecule has 4 unspecified atom stereocenters. The van der Waals surface area contributed by atoms with Gasteiger partial charge in [0.25, 0.3) is 5.91 Å². The van der Waals surface area contributed by atoms with Crippen LogP contribution in [0.25, 0.3) is 0 Å². The first-order valence-electron chi connectivity index (χ1n) is 7.40. The maximum Gasteiger partial charge on any atom is 0.308 e. The second kappa shape index (κ2) is 5.48. The summed E-state index contributed by atoms with van der Waals surface area (Å²) in [6.07, 6.45) is 4.80. The van der Waals surface area contributed by atoms with Crippen molar-refractivity contribution in [2.45, 2.75) is 38.8 Å². The number of hydrogen-bond acceptors (Lipinski definition) is 2. The number of carboxylic acid groups (broad SMARTS) is 1. The third kappa shape index (κ3) is 2.50. The summed E-state index contributed by atoms with van der Waals surface area (Å²) in [7, 11) is 0. The molecule has 1 aromatic heterocycles. The third-order valence-corrected chi connectivity index (χ3v) is 5.37. The summed E-state index contributed by atoms with van der Waals surface area (Å²) < 4.78 is 2.72. The maximum absolute atomic E-state index is 12.5. The van der Waals surface area contributed by atoms with E-state index in [-0.39, 0.29) is 17.9 Å². The second-order valence-corrected chi connectivity index (χ2v) is 6.94. The molecule has 4 atom stereocenters. The zero-order valence-electron chi connectivity index (χ0n) is 11.9. The number of nitrogens with one attached hydrogen (secondary N) is 1. The van der Waals surface area contributed by atoms with Gasteiger partial charge in [-0.3, -0.25) is 9.59 Å². The van der Waals surface area contributed by atoms with Crippen LogP contribution in [0.2, 0.25) is 0 Å². The van der Waals surface area contributed by atoms with Crippen LogP contribution in [0.15, 0.2) is 16.7 Å². The average Bonchev–Trinajstić information content (AvgIpc) is 3.11. The van der Waals surface area contributed by atoms with Crippen molar-refractivity contribution in [3.05, 3.63) is 22.4 Å². The van der Waals surface area contributed by atoms with Crippen molar-refractivity contribution < 1.29 is 14.7 Å². The minimum absolute atomic E-state index is 0.175. The predicted molar refractivity (Wildman–Crippen MR) is 81.0 cm³/mol. The van der Waals surface area contributed by atoms with Crippen LogP contribution < -0.4 is 5.32 Å². The number of carbonyl (C=O) groups excluding carboxylic acids is 1. The van der Waals surface area contributed by atoms with Gasteiger partial charge in [-0.25, -0.2) is 0 Å². The molecule has 0 radical (unpaired) electrons. The van der Waals surface area contributed by atoms with E-state index >= 15 is 0 Å². The number of amides is 1. The Balaban J connectivity index is 1.79. The Labute approximate surface area is 131 Å². The second-order valence-electron chi connectivity index (χ2n) is 6.03. The van der Waals surface area contributed by atoms with Crippen LogP contribution in [0.4, 0.5) is 0 Å². The lowest BCUT2D eigenvalue weighted by atomic mass is 9.84. The Morgan fingerprint density at radius 2 is 2.14 bits per heavy atom. The molecule has 2 aliphatic carbocycles. The van der Waals surface area contributed by atoms with Crippen molar-refractivity contribution in [2.75, 3.05) is 0 Å². The molecule has 2 saturated carbocycles. The topological polar surface area (TPSA) is 71.3 Å².